The number of aryl methyl sites for hydroxylation is 1. The summed E-state index contributed by atoms with van der Waals surface area (Å²) in [5.41, 5.74) is 0.968. The number of pyridine rings is 2. The Bertz CT molecular complexity index is 1910. The van der Waals surface area contributed by atoms with Crippen LogP contribution in [0, 0.1) is 18.6 Å². The maximum atomic E-state index is 15.5. The van der Waals surface area contributed by atoms with E-state index in [0.717, 1.165) is 12.1 Å². The lowest BCUT2D eigenvalue weighted by atomic mass is 10.0. The number of aromatic nitrogens is 4. The van der Waals surface area contributed by atoms with Crippen molar-refractivity contribution in [3.63, 3.8) is 0 Å². The second kappa shape index (κ2) is 11.6. The van der Waals surface area contributed by atoms with E-state index in [2.05, 4.69) is 16.5 Å². The first-order chi connectivity index (χ1) is 21.5. The average molecular weight is 617 g/mol. The van der Waals surface area contributed by atoms with Crippen molar-refractivity contribution >= 4 is 22.8 Å². The number of benzene rings is 1. The maximum Gasteiger partial charge on any atom is 0.356 e. The van der Waals surface area contributed by atoms with Crippen LogP contribution in [0.1, 0.15) is 44.9 Å². The minimum atomic E-state index is -0.751. The first-order valence-corrected chi connectivity index (χ1v) is 14.9. The molecule has 2 atom stereocenters. The summed E-state index contributed by atoms with van der Waals surface area (Å²) < 4.78 is 43.9. The minimum absolute atomic E-state index is 0.0171. The summed E-state index contributed by atoms with van der Waals surface area (Å²) in [6.07, 6.45) is 2.89. The molecule has 0 N–H and O–H groups in total. The Labute approximate surface area is 258 Å². The molecule has 0 spiro atoms. The van der Waals surface area contributed by atoms with Crippen molar-refractivity contribution in [1.82, 2.24) is 24.4 Å². The lowest BCUT2D eigenvalue weighted by Crippen LogP contribution is -2.58. The summed E-state index contributed by atoms with van der Waals surface area (Å²) in [5, 5.41) is 0.513. The second-order valence-electron chi connectivity index (χ2n) is 11.8. The van der Waals surface area contributed by atoms with E-state index in [1.807, 2.05) is 32.6 Å². The molecule has 0 radical (unpaired) electrons. The number of hydrogen-bond acceptors (Lipinski definition) is 8. The molecule has 2 unspecified atom stereocenters. The second-order valence-corrected chi connectivity index (χ2v) is 11.8. The van der Waals surface area contributed by atoms with E-state index in [1.54, 1.807) is 30.2 Å². The number of halogens is 2. The fraction of sp³-hybridized carbons (Fsp3) is 0.364. The van der Waals surface area contributed by atoms with E-state index in [0.29, 0.717) is 47.0 Å². The standard InChI is InChI=1S/C33H34F2N6O4/c1-7-25(42)39-15-20(6)40(16-19(39)5)31-21-14-18(4)28-26-22(34)8-9-23(35)30(26)45-13-12-44-24-10-11-36-27(17(2)3)29(24)41(32(21)37-28)33(43)38-31/h7-11,14,17,19-20H,1,12-13,15-16H2,2-6H3. The molecule has 5 heterocycles. The van der Waals surface area contributed by atoms with E-state index < -0.39 is 17.3 Å². The maximum absolute atomic E-state index is 15.5. The number of carbonyl (C=O) groups excluding carboxylic acids is 1. The molecule has 0 saturated carbocycles. The van der Waals surface area contributed by atoms with Gasteiger partial charge in [-0.15, -0.1) is 0 Å². The number of hydrogen-bond donors (Lipinski definition) is 0. The molecule has 1 saturated heterocycles. The van der Waals surface area contributed by atoms with Crippen LogP contribution in [-0.4, -0.2) is 68.7 Å². The van der Waals surface area contributed by atoms with E-state index >= 15 is 8.78 Å². The Balaban J connectivity index is 1.70. The third-order valence-corrected chi connectivity index (χ3v) is 8.32. The molecule has 2 bridgehead atoms. The van der Waals surface area contributed by atoms with Crippen LogP contribution in [0.3, 0.4) is 0 Å². The van der Waals surface area contributed by atoms with Gasteiger partial charge in [0.1, 0.15) is 36.3 Å². The third kappa shape index (κ3) is 5.07. The molecular formula is C33H34F2N6O4. The van der Waals surface area contributed by atoms with Crippen molar-refractivity contribution in [1.29, 1.82) is 0 Å². The molecule has 3 aromatic heterocycles. The van der Waals surface area contributed by atoms with Crippen molar-refractivity contribution in [2.75, 3.05) is 31.2 Å². The molecule has 12 heteroatoms. The quantitative estimate of drug-likeness (QED) is 0.299. The number of carbonyl (C=O) groups is 1. The number of ether oxygens (including phenoxy) is 2. The van der Waals surface area contributed by atoms with Gasteiger partial charge in [0.2, 0.25) is 5.91 Å². The number of amides is 1. The highest BCUT2D eigenvalue weighted by Gasteiger charge is 2.34. The normalized spacial score (nSPS) is 18.0. The fourth-order valence-corrected chi connectivity index (χ4v) is 6.16. The molecule has 2 aliphatic rings. The van der Waals surface area contributed by atoms with Gasteiger partial charge in [0.25, 0.3) is 0 Å². The Morgan fingerprint density at radius 3 is 2.53 bits per heavy atom. The van der Waals surface area contributed by atoms with E-state index in [-0.39, 0.29) is 59.8 Å². The first kappa shape index (κ1) is 30.2. The van der Waals surface area contributed by atoms with Crippen LogP contribution in [0.5, 0.6) is 11.5 Å². The Morgan fingerprint density at radius 2 is 1.80 bits per heavy atom. The molecule has 1 fully saturated rings. The first-order valence-electron chi connectivity index (χ1n) is 14.9. The highest BCUT2D eigenvalue weighted by Crippen LogP contribution is 2.40. The van der Waals surface area contributed by atoms with Crippen LogP contribution >= 0.6 is 0 Å². The number of fused-ring (bicyclic) bond motifs is 5. The minimum Gasteiger partial charge on any atom is -0.488 e. The molecular weight excluding hydrogens is 582 g/mol. The zero-order chi connectivity index (χ0) is 32.2. The van der Waals surface area contributed by atoms with Gasteiger partial charge < -0.3 is 19.3 Å². The van der Waals surface area contributed by atoms with Gasteiger partial charge in [0.05, 0.1) is 22.3 Å². The van der Waals surface area contributed by atoms with Crippen molar-refractivity contribution in [3.8, 4) is 28.4 Å². The largest absolute Gasteiger partial charge is 0.488 e. The van der Waals surface area contributed by atoms with Crippen molar-refractivity contribution < 1.29 is 23.0 Å². The van der Waals surface area contributed by atoms with Gasteiger partial charge >= 0.3 is 5.69 Å². The van der Waals surface area contributed by atoms with Gasteiger partial charge in [-0.25, -0.2) is 23.1 Å². The van der Waals surface area contributed by atoms with Crippen molar-refractivity contribution in [2.45, 2.75) is 52.6 Å². The molecule has 0 aliphatic carbocycles. The predicted octanol–water partition coefficient (Wildman–Crippen LogP) is 4.94. The molecule has 45 heavy (non-hydrogen) atoms. The van der Waals surface area contributed by atoms with Gasteiger partial charge in [-0.2, -0.15) is 4.98 Å². The topological polar surface area (TPSA) is 103 Å². The highest BCUT2D eigenvalue weighted by molar-refractivity contribution is 5.92. The summed E-state index contributed by atoms with van der Waals surface area (Å²) >= 11 is 0. The van der Waals surface area contributed by atoms with Gasteiger partial charge in [-0.05, 0) is 56.5 Å². The molecule has 1 aromatic carbocycles. The van der Waals surface area contributed by atoms with Crippen LogP contribution in [0.25, 0.3) is 28.0 Å². The summed E-state index contributed by atoms with van der Waals surface area (Å²) in [7, 11) is 0. The predicted molar refractivity (Wildman–Crippen MR) is 166 cm³/mol. The Hall–Kier alpha value is -4.87. The smallest absolute Gasteiger partial charge is 0.356 e. The highest BCUT2D eigenvalue weighted by atomic mass is 19.1. The van der Waals surface area contributed by atoms with Crippen LogP contribution in [0.15, 0.2) is 47.9 Å². The lowest BCUT2D eigenvalue weighted by Gasteiger charge is -2.44. The fourth-order valence-electron chi connectivity index (χ4n) is 6.16. The summed E-state index contributed by atoms with van der Waals surface area (Å²) in [6.45, 7) is 13.8. The van der Waals surface area contributed by atoms with Gasteiger partial charge in [0, 0.05) is 37.4 Å². The molecule has 6 rings (SSSR count). The van der Waals surface area contributed by atoms with Crippen LogP contribution in [-0.2, 0) is 4.79 Å². The Kier molecular flexibility index (Phi) is 7.75. The van der Waals surface area contributed by atoms with Crippen molar-refractivity contribution in [3.05, 3.63) is 76.5 Å². The van der Waals surface area contributed by atoms with Crippen molar-refractivity contribution in [2.24, 2.45) is 0 Å². The molecule has 2 aliphatic heterocycles. The zero-order valence-corrected chi connectivity index (χ0v) is 25.8. The lowest BCUT2D eigenvalue weighted by molar-refractivity contribution is -0.128. The SMILES string of the molecule is C=CC(=O)N1CC(C)N(c2nc(=O)n3c4nc(c(C)cc24)-c2c(F)ccc(F)c2OCCOc2ccnc(C(C)C)c2-3)CC1C. The number of rotatable bonds is 3. The summed E-state index contributed by atoms with van der Waals surface area (Å²) in [4.78, 5) is 44.6. The number of nitrogens with zero attached hydrogens (tertiary/aromatic N) is 6. The van der Waals surface area contributed by atoms with E-state index in [1.165, 1.54) is 10.6 Å². The monoisotopic (exact) mass is 616 g/mol. The molecule has 10 nitrogen and oxygen atoms in total. The molecule has 4 aromatic rings. The van der Waals surface area contributed by atoms with Crippen LogP contribution in [0.2, 0.25) is 0 Å². The molecule has 1 amide bonds. The van der Waals surface area contributed by atoms with Gasteiger partial charge in [-0.1, -0.05) is 20.4 Å². The average Bonchev–Trinajstić information content (AvgIpc) is 3.00. The zero-order valence-electron chi connectivity index (χ0n) is 25.8. The summed E-state index contributed by atoms with van der Waals surface area (Å²) in [5.74, 6) is -1.34. The molecule has 234 valence electrons. The third-order valence-electron chi connectivity index (χ3n) is 8.32. The van der Waals surface area contributed by atoms with Gasteiger partial charge in [0.15, 0.2) is 17.2 Å². The van der Waals surface area contributed by atoms with E-state index in [9.17, 15) is 9.59 Å². The van der Waals surface area contributed by atoms with Crippen LogP contribution < -0.4 is 20.1 Å². The Morgan fingerprint density at radius 1 is 1.07 bits per heavy atom. The van der Waals surface area contributed by atoms with E-state index in [4.69, 9.17) is 14.5 Å². The van der Waals surface area contributed by atoms with Crippen LogP contribution in [0.4, 0.5) is 14.6 Å². The summed E-state index contributed by atoms with van der Waals surface area (Å²) in [6, 6.07) is 5.03. The number of anilines is 1. The van der Waals surface area contributed by atoms with Gasteiger partial charge in [-0.3, -0.25) is 9.78 Å². The number of piperazine rings is 1.